The highest BCUT2D eigenvalue weighted by atomic mass is 19.4. The molecule has 106 valence electrons. The van der Waals surface area contributed by atoms with Gasteiger partial charge < -0.3 is 9.84 Å². The summed E-state index contributed by atoms with van der Waals surface area (Å²) in [4.78, 5) is 0. The van der Waals surface area contributed by atoms with E-state index in [0.717, 1.165) is 18.6 Å². The molecule has 0 radical (unpaired) electrons. The first-order valence-electron chi connectivity index (χ1n) is 6.32. The molecule has 1 N–H and O–H groups in total. The number of ether oxygens (including phenoxy) is 1. The van der Waals surface area contributed by atoms with Crippen molar-refractivity contribution in [1.82, 2.24) is 0 Å². The van der Waals surface area contributed by atoms with Gasteiger partial charge in [0.05, 0.1) is 24.4 Å². The van der Waals surface area contributed by atoms with Gasteiger partial charge in [0.2, 0.25) is 0 Å². The largest absolute Gasteiger partial charge is 0.416 e. The molecule has 1 aliphatic rings. The lowest BCUT2D eigenvalue weighted by Crippen LogP contribution is -2.23. The maximum absolute atomic E-state index is 12.4. The molecule has 0 amide bonds. The average Bonchev–Trinajstić information content (AvgIpc) is 2.75. The molecule has 3 atom stereocenters. The van der Waals surface area contributed by atoms with Gasteiger partial charge in [0, 0.05) is 5.92 Å². The van der Waals surface area contributed by atoms with Crippen LogP contribution in [0.25, 0.3) is 0 Å². The van der Waals surface area contributed by atoms with Gasteiger partial charge in [0.1, 0.15) is 0 Å². The van der Waals surface area contributed by atoms with Crippen molar-refractivity contribution in [2.75, 3.05) is 6.61 Å². The molecule has 0 aliphatic carbocycles. The Morgan fingerprint density at radius 2 is 1.95 bits per heavy atom. The highest BCUT2D eigenvalue weighted by Gasteiger charge is 2.31. The summed E-state index contributed by atoms with van der Waals surface area (Å²) in [5.41, 5.74) is 0.0450. The van der Waals surface area contributed by atoms with Gasteiger partial charge in [0.15, 0.2) is 0 Å². The lowest BCUT2D eigenvalue weighted by molar-refractivity contribution is -0.137. The van der Waals surface area contributed by atoms with Crippen molar-refractivity contribution in [3.63, 3.8) is 0 Å². The smallest absolute Gasteiger partial charge is 0.392 e. The number of alkyl halides is 3. The second-order valence-electron chi connectivity index (χ2n) is 5.11. The van der Waals surface area contributed by atoms with E-state index in [4.69, 9.17) is 4.74 Å². The van der Waals surface area contributed by atoms with E-state index in [9.17, 15) is 18.3 Å². The van der Waals surface area contributed by atoms with Gasteiger partial charge >= 0.3 is 6.18 Å². The van der Waals surface area contributed by atoms with Gasteiger partial charge in [0.25, 0.3) is 0 Å². The summed E-state index contributed by atoms with van der Waals surface area (Å²) in [5, 5.41) is 10.0. The van der Waals surface area contributed by atoms with Crippen molar-refractivity contribution in [2.24, 2.45) is 5.92 Å². The van der Waals surface area contributed by atoms with Crippen molar-refractivity contribution in [1.29, 1.82) is 0 Å². The van der Waals surface area contributed by atoms with Crippen LogP contribution in [0.1, 0.15) is 24.5 Å². The molecule has 0 spiro atoms. The number of aliphatic hydroxyl groups is 1. The molecule has 3 unspecified atom stereocenters. The molecule has 1 aromatic carbocycles. The van der Waals surface area contributed by atoms with Crippen LogP contribution >= 0.6 is 0 Å². The zero-order valence-electron chi connectivity index (χ0n) is 10.7. The van der Waals surface area contributed by atoms with Gasteiger partial charge in [-0.05, 0) is 37.5 Å². The lowest BCUT2D eigenvalue weighted by atomic mass is 9.94. The van der Waals surface area contributed by atoms with E-state index in [1.165, 1.54) is 12.1 Å². The van der Waals surface area contributed by atoms with Crippen LogP contribution in [-0.2, 0) is 17.3 Å². The van der Waals surface area contributed by atoms with E-state index < -0.39 is 17.8 Å². The van der Waals surface area contributed by atoms with Crippen LogP contribution in [0.15, 0.2) is 24.3 Å². The number of rotatable bonds is 3. The maximum atomic E-state index is 12.4. The molecular weight excluding hydrogens is 257 g/mol. The first-order valence-corrected chi connectivity index (χ1v) is 6.32. The number of hydrogen-bond acceptors (Lipinski definition) is 2. The Kier molecular flexibility index (Phi) is 4.16. The molecule has 1 heterocycles. The Balaban J connectivity index is 1.96. The molecule has 0 saturated carbocycles. The molecule has 2 rings (SSSR count). The topological polar surface area (TPSA) is 29.5 Å². The minimum atomic E-state index is -4.31. The van der Waals surface area contributed by atoms with Gasteiger partial charge in [-0.3, -0.25) is 0 Å². The van der Waals surface area contributed by atoms with Crippen molar-refractivity contribution < 1.29 is 23.0 Å². The quantitative estimate of drug-likeness (QED) is 0.918. The molecular formula is C14H17F3O2. The van der Waals surface area contributed by atoms with E-state index in [1.54, 1.807) is 0 Å². The van der Waals surface area contributed by atoms with Crippen molar-refractivity contribution in [3.8, 4) is 0 Å². The van der Waals surface area contributed by atoms with Crippen molar-refractivity contribution in [3.05, 3.63) is 35.4 Å². The fraction of sp³-hybridized carbons (Fsp3) is 0.571. The molecule has 0 aromatic heterocycles. The number of hydrogen-bond donors (Lipinski definition) is 1. The third-order valence-electron chi connectivity index (χ3n) is 3.50. The average molecular weight is 274 g/mol. The van der Waals surface area contributed by atoms with Crippen molar-refractivity contribution >= 4 is 0 Å². The van der Waals surface area contributed by atoms with E-state index in [0.29, 0.717) is 18.6 Å². The Hall–Kier alpha value is -1.07. The Labute approximate surface area is 110 Å². The van der Waals surface area contributed by atoms with Crippen LogP contribution in [0.2, 0.25) is 0 Å². The molecule has 1 aliphatic heterocycles. The third-order valence-corrected chi connectivity index (χ3v) is 3.50. The summed E-state index contributed by atoms with van der Waals surface area (Å²) in [6.45, 7) is 2.47. The first-order chi connectivity index (χ1) is 8.86. The second kappa shape index (κ2) is 5.51. The molecule has 5 heteroatoms. The summed E-state index contributed by atoms with van der Waals surface area (Å²) < 4.78 is 42.6. The molecule has 0 bridgehead atoms. The zero-order chi connectivity index (χ0) is 14.0. The van der Waals surface area contributed by atoms with E-state index in [1.807, 2.05) is 6.92 Å². The highest BCUT2D eigenvalue weighted by Crippen LogP contribution is 2.30. The second-order valence-corrected chi connectivity index (χ2v) is 5.11. The monoisotopic (exact) mass is 274 g/mol. The Morgan fingerprint density at radius 3 is 2.42 bits per heavy atom. The minimum Gasteiger partial charge on any atom is -0.392 e. The normalized spacial score (nSPS) is 25.5. The summed E-state index contributed by atoms with van der Waals surface area (Å²) in [6.07, 6.45) is -3.58. The lowest BCUT2D eigenvalue weighted by Gasteiger charge is -2.17. The zero-order valence-corrected chi connectivity index (χ0v) is 10.7. The van der Waals surface area contributed by atoms with Crippen LogP contribution in [0.5, 0.6) is 0 Å². The maximum Gasteiger partial charge on any atom is 0.416 e. The SMILES string of the molecule is CC1CC(C(O)Cc2ccc(C(F)(F)F)cc2)CO1. The predicted octanol–water partition coefficient (Wildman–Crippen LogP) is 3.03. The fourth-order valence-electron chi connectivity index (χ4n) is 2.36. The van der Waals surface area contributed by atoms with Crippen LogP contribution in [-0.4, -0.2) is 23.9 Å². The number of halogens is 3. The van der Waals surface area contributed by atoms with Crippen LogP contribution in [0, 0.1) is 5.92 Å². The number of aliphatic hydroxyl groups excluding tert-OH is 1. The van der Waals surface area contributed by atoms with Gasteiger partial charge in [-0.2, -0.15) is 13.2 Å². The molecule has 2 nitrogen and oxygen atoms in total. The van der Waals surface area contributed by atoms with Crippen LogP contribution < -0.4 is 0 Å². The standard InChI is InChI=1S/C14H17F3O2/c1-9-6-11(8-19-9)13(18)7-10-2-4-12(5-3-10)14(15,16)17/h2-5,9,11,13,18H,6-8H2,1H3. The summed E-state index contributed by atoms with van der Waals surface area (Å²) >= 11 is 0. The van der Waals surface area contributed by atoms with E-state index in [2.05, 4.69) is 0 Å². The van der Waals surface area contributed by atoms with E-state index >= 15 is 0 Å². The van der Waals surface area contributed by atoms with E-state index in [-0.39, 0.29) is 12.0 Å². The summed E-state index contributed by atoms with van der Waals surface area (Å²) in [6, 6.07) is 4.95. The highest BCUT2D eigenvalue weighted by molar-refractivity contribution is 5.25. The molecule has 1 fully saturated rings. The molecule has 1 aromatic rings. The Bertz CT molecular complexity index is 414. The van der Waals surface area contributed by atoms with Crippen LogP contribution in [0.4, 0.5) is 13.2 Å². The summed E-state index contributed by atoms with van der Waals surface area (Å²) in [5.74, 6) is 0.0669. The Morgan fingerprint density at radius 1 is 1.32 bits per heavy atom. The first kappa shape index (κ1) is 14.3. The minimum absolute atomic E-state index is 0.0669. The fourth-order valence-corrected chi connectivity index (χ4v) is 2.36. The van der Waals surface area contributed by atoms with Gasteiger partial charge in [-0.15, -0.1) is 0 Å². The van der Waals surface area contributed by atoms with Gasteiger partial charge in [-0.1, -0.05) is 12.1 Å². The van der Waals surface area contributed by atoms with Gasteiger partial charge in [-0.25, -0.2) is 0 Å². The molecule has 1 saturated heterocycles. The summed E-state index contributed by atoms with van der Waals surface area (Å²) in [7, 11) is 0. The van der Waals surface area contributed by atoms with Crippen molar-refractivity contribution in [2.45, 2.75) is 38.1 Å². The predicted molar refractivity (Wildman–Crippen MR) is 64.7 cm³/mol. The third kappa shape index (κ3) is 3.70. The molecule has 19 heavy (non-hydrogen) atoms. The number of benzene rings is 1. The van der Waals surface area contributed by atoms with Crippen LogP contribution in [0.3, 0.4) is 0 Å².